The van der Waals surface area contributed by atoms with Crippen LogP contribution in [-0.2, 0) is 21.4 Å². The number of fused-ring (bicyclic) bond motifs is 1. The lowest BCUT2D eigenvalue weighted by molar-refractivity contribution is -0.116. The fourth-order valence-corrected chi connectivity index (χ4v) is 7.92. The molecule has 2 aromatic carbocycles. The van der Waals surface area contributed by atoms with Crippen molar-refractivity contribution in [1.29, 1.82) is 0 Å². The molecule has 0 saturated carbocycles. The van der Waals surface area contributed by atoms with Crippen LogP contribution >= 0.6 is 22.9 Å². The van der Waals surface area contributed by atoms with Gasteiger partial charge >= 0.3 is 0 Å². The molecule has 0 radical (unpaired) electrons. The molecular weight excluding hydrogens is 581 g/mol. The average molecular weight is 606 g/mol. The summed E-state index contributed by atoms with van der Waals surface area (Å²) in [6.07, 6.45) is 1.21. The Hall–Kier alpha value is -3.52. The number of aromatic nitrogens is 2. The first-order valence-electron chi connectivity index (χ1n) is 12.2. The van der Waals surface area contributed by atoms with E-state index in [-0.39, 0.29) is 38.9 Å². The molecule has 0 spiro atoms. The fraction of sp³-hybridized carbons (Fsp3) is 0.269. The van der Waals surface area contributed by atoms with Crippen molar-refractivity contribution in [1.82, 2.24) is 13.9 Å². The second-order valence-corrected chi connectivity index (χ2v) is 12.6. The molecule has 10 nitrogen and oxygen atoms in total. The zero-order chi connectivity index (χ0) is 28.6. The van der Waals surface area contributed by atoms with E-state index < -0.39 is 33.9 Å². The van der Waals surface area contributed by atoms with Gasteiger partial charge in [0.1, 0.15) is 27.8 Å². The summed E-state index contributed by atoms with van der Waals surface area (Å²) in [7, 11) is -2.45. The molecule has 0 atom stereocenters. The van der Waals surface area contributed by atoms with Crippen molar-refractivity contribution in [2.24, 2.45) is 0 Å². The SMILES string of the molecule is COc1ccccc1N1CCN(S(=O)(=O)c2c(C)sc3ncn(CC(=O)Nc4ccc(F)c(Cl)c4)c(=O)c23)CC1. The maximum atomic E-state index is 13.8. The van der Waals surface area contributed by atoms with Crippen LogP contribution < -0.4 is 20.5 Å². The predicted octanol–water partition coefficient (Wildman–Crippen LogP) is 3.72. The third kappa shape index (κ3) is 5.29. The molecule has 1 saturated heterocycles. The summed E-state index contributed by atoms with van der Waals surface area (Å²) in [6.45, 7) is 2.53. The summed E-state index contributed by atoms with van der Waals surface area (Å²) >= 11 is 6.88. The first-order chi connectivity index (χ1) is 19.1. The summed E-state index contributed by atoms with van der Waals surface area (Å²) in [5.74, 6) is -0.514. The number of hydrogen-bond acceptors (Lipinski definition) is 8. The molecular formula is C26H25ClFN5O5S2. The molecule has 5 rings (SSSR count). The molecule has 1 fully saturated rings. The standard InChI is InChI=1S/C26H25ClFN5O5S2/c1-16-24(40(36,37)33-11-9-31(10-12-33)20-5-3-4-6-21(20)38-2)23-25(39-16)29-15-32(26(23)35)14-22(34)30-17-7-8-19(28)18(27)13-17/h3-8,13,15H,9-12,14H2,1-2H3,(H,30,34). The first kappa shape index (κ1) is 28.0. The normalized spacial score (nSPS) is 14.4. The van der Waals surface area contributed by atoms with E-state index in [1.165, 1.54) is 22.8 Å². The number of carbonyl (C=O) groups is 1. The van der Waals surface area contributed by atoms with E-state index in [2.05, 4.69) is 15.2 Å². The van der Waals surface area contributed by atoms with E-state index in [9.17, 15) is 22.4 Å². The number of methoxy groups -OCH3 is 1. The van der Waals surface area contributed by atoms with Crippen LogP contribution in [0.3, 0.4) is 0 Å². The molecule has 1 N–H and O–H groups in total. The van der Waals surface area contributed by atoms with Crippen molar-refractivity contribution in [3.8, 4) is 5.75 Å². The van der Waals surface area contributed by atoms with Crippen LogP contribution in [0.15, 0.2) is 58.5 Å². The van der Waals surface area contributed by atoms with E-state index in [0.717, 1.165) is 27.7 Å². The van der Waals surface area contributed by atoms with Gasteiger partial charge in [0.2, 0.25) is 15.9 Å². The molecule has 0 bridgehead atoms. The molecule has 1 aliphatic rings. The summed E-state index contributed by atoms with van der Waals surface area (Å²) in [6, 6.07) is 11.2. The molecule has 0 unspecified atom stereocenters. The highest BCUT2D eigenvalue weighted by atomic mass is 35.5. The highest BCUT2D eigenvalue weighted by Gasteiger charge is 2.34. The van der Waals surface area contributed by atoms with Gasteiger partial charge < -0.3 is 15.0 Å². The first-order valence-corrected chi connectivity index (χ1v) is 14.8. The van der Waals surface area contributed by atoms with Gasteiger partial charge in [0.25, 0.3) is 5.56 Å². The fourth-order valence-electron chi connectivity index (χ4n) is 4.66. The van der Waals surface area contributed by atoms with E-state index in [0.29, 0.717) is 23.7 Å². The number of amides is 1. The number of halogens is 2. The van der Waals surface area contributed by atoms with Gasteiger partial charge in [-0.1, -0.05) is 23.7 Å². The van der Waals surface area contributed by atoms with Gasteiger partial charge in [-0.05, 0) is 37.3 Å². The molecule has 3 heterocycles. The number of anilines is 2. The van der Waals surface area contributed by atoms with Crippen molar-refractivity contribution in [3.63, 3.8) is 0 Å². The highest BCUT2D eigenvalue weighted by molar-refractivity contribution is 7.89. The van der Waals surface area contributed by atoms with Crippen LogP contribution in [0.4, 0.5) is 15.8 Å². The number of hydrogen-bond donors (Lipinski definition) is 1. The number of nitrogens with zero attached hydrogens (tertiary/aromatic N) is 4. The molecule has 1 aliphatic heterocycles. The number of benzene rings is 2. The average Bonchev–Trinajstić information content (AvgIpc) is 3.29. The van der Waals surface area contributed by atoms with Crippen molar-refractivity contribution >= 4 is 60.5 Å². The number of nitrogens with one attached hydrogen (secondary N) is 1. The van der Waals surface area contributed by atoms with Crippen molar-refractivity contribution in [2.45, 2.75) is 18.4 Å². The number of thiophene rings is 1. The molecule has 40 heavy (non-hydrogen) atoms. The van der Waals surface area contributed by atoms with Crippen LogP contribution in [0.2, 0.25) is 5.02 Å². The Kier molecular flexibility index (Phi) is 7.82. The van der Waals surface area contributed by atoms with Gasteiger partial charge in [0, 0.05) is 36.7 Å². The van der Waals surface area contributed by atoms with Crippen molar-refractivity contribution in [3.05, 3.63) is 74.9 Å². The monoisotopic (exact) mass is 605 g/mol. The lowest BCUT2D eigenvalue weighted by Crippen LogP contribution is -2.49. The number of piperazine rings is 1. The molecule has 14 heteroatoms. The highest BCUT2D eigenvalue weighted by Crippen LogP contribution is 2.34. The molecule has 210 valence electrons. The Morgan fingerprint density at radius 1 is 1.18 bits per heavy atom. The Balaban J connectivity index is 1.39. The van der Waals surface area contributed by atoms with Crippen LogP contribution in [-0.4, -0.2) is 61.5 Å². The quantitative estimate of drug-likeness (QED) is 0.342. The van der Waals surface area contributed by atoms with Crippen molar-refractivity contribution < 1.29 is 22.3 Å². The largest absolute Gasteiger partial charge is 0.495 e. The molecule has 4 aromatic rings. The summed E-state index contributed by atoms with van der Waals surface area (Å²) in [5.41, 5.74) is 0.487. The van der Waals surface area contributed by atoms with Gasteiger partial charge in [-0.3, -0.25) is 14.2 Å². The minimum absolute atomic E-state index is 0.0465. The number of aryl methyl sites for hydroxylation is 1. The second kappa shape index (κ2) is 11.2. The van der Waals surface area contributed by atoms with E-state index >= 15 is 0 Å². The van der Waals surface area contributed by atoms with Crippen LogP contribution in [0.25, 0.3) is 10.2 Å². The summed E-state index contributed by atoms with van der Waals surface area (Å²) in [5, 5.41) is 2.34. The molecule has 1 amide bonds. The zero-order valence-corrected chi connectivity index (χ0v) is 23.9. The predicted molar refractivity (Wildman–Crippen MR) is 153 cm³/mol. The van der Waals surface area contributed by atoms with Crippen LogP contribution in [0.5, 0.6) is 5.75 Å². The number of sulfonamides is 1. The van der Waals surface area contributed by atoms with E-state index in [1.54, 1.807) is 14.0 Å². The van der Waals surface area contributed by atoms with Gasteiger partial charge in [-0.25, -0.2) is 17.8 Å². The number of ether oxygens (including phenoxy) is 1. The number of para-hydroxylation sites is 2. The Labute approximate surface area is 238 Å². The van der Waals surface area contributed by atoms with Crippen LogP contribution in [0.1, 0.15) is 4.88 Å². The van der Waals surface area contributed by atoms with Crippen LogP contribution in [0, 0.1) is 12.7 Å². The smallest absolute Gasteiger partial charge is 0.263 e. The topological polar surface area (TPSA) is 114 Å². The van der Waals surface area contributed by atoms with Crippen molar-refractivity contribution in [2.75, 3.05) is 43.5 Å². The maximum absolute atomic E-state index is 13.8. The molecule has 2 aromatic heterocycles. The van der Waals surface area contributed by atoms with E-state index in [1.807, 2.05) is 24.3 Å². The van der Waals surface area contributed by atoms with Gasteiger partial charge in [0.05, 0.1) is 29.5 Å². The van der Waals surface area contributed by atoms with Gasteiger partial charge in [0.15, 0.2) is 0 Å². The zero-order valence-electron chi connectivity index (χ0n) is 21.6. The number of carbonyl (C=O) groups excluding carboxylic acids is 1. The summed E-state index contributed by atoms with van der Waals surface area (Å²) < 4.78 is 48.9. The van der Waals surface area contributed by atoms with E-state index in [4.69, 9.17) is 16.3 Å². The summed E-state index contributed by atoms with van der Waals surface area (Å²) in [4.78, 5) is 33.0. The third-order valence-electron chi connectivity index (χ3n) is 6.58. The maximum Gasteiger partial charge on any atom is 0.263 e. The Morgan fingerprint density at radius 3 is 2.60 bits per heavy atom. The second-order valence-electron chi connectivity index (χ2n) is 9.09. The minimum atomic E-state index is -4.04. The Morgan fingerprint density at radius 2 is 1.90 bits per heavy atom. The van der Waals surface area contributed by atoms with Gasteiger partial charge in [-0.15, -0.1) is 11.3 Å². The lowest BCUT2D eigenvalue weighted by Gasteiger charge is -2.35. The molecule has 0 aliphatic carbocycles. The minimum Gasteiger partial charge on any atom is -0.495 e. The third-order valence-corrected chi connectivity index (χ3v) is 10.1. The number of rotatable bonds is 7. The van der Waals surface area contributed by atoms with Gasteiger partial charge in [-0.2, -0.15) is 4.31 Å². The Bertz CT molecular complexity index is 1770. The lowest BCUT2D eigenvalue weighted by atomic mass is 10.2.